The van der Waals surface area contributed by atoms with E-state index in [1.165, 1.54) is 6.07 Å². The van der Waals surface area contributed by atoms with Gasteiger partial charge in [0, 0.05) is 17.6 Å². The molecule has 2 aromatic heterocycles. The number of rotatable bonds is 3. The quantitative estimate of drug-likeness (QED) is 0.705. The standard InChI is InChI=1S/C14H12BrFN4S/c1-7-5-9-12(19-14(17-2)20-13(9)21-7)18-8-3-4-11(16)10(15)6-8/h3-6H,1-2H3,(H2,17,18,19,20). The van der Waals surface area contributed by atoms with E-state index in [9.17, 15) is 4.39 Å². The Hall–Kier alpha value is -1.73. The summed E-state index contributed by atoms with van der Waals surface area (Å²) in [6.45, 7) is 2.03. The fourth-order valence-electron chi connectivity index (χ4n) is 1.96. The van der Waals surface area contributed by atoms with Gasteiger partial charge in [-0.1, -0.05) is 0 Å². The van der Waals surface area contributed by atoms with Gasteiger partial charge in [0.05, 0.1) is 9.86 Å². The number of anilines is 3. The lowest BCUT2D eigenvalue weighted by Crippen LogP contribution is -2.01. The maximum Gasteiger partial charge on any atom is 0.225 e. The maximum atomic E-state index is 13.3. The molecule has 3 rings (SSSR count). The molecule has 0 spiro atoms. The first-order valence-corrected chi connectivity index (χ1v) is 7.86. The zero-order valence-corrected chi connectivity index (χ0v) is 13.8. The highest BCUT2D eigenvalue weighted by Gasteiger charge is 2.11. The second-order valence-electron chi connectivity index (χ2n) is 4.48. The molecule has 2 heterocycles. The average Bonchev–Trinajstić information content (AvgIpc) is 2.83. The van der Waals surface area contributed by atoms with E-state index in [2.05, 4.69) is 36.5 Å². The average molecular weight is 367 g/mol. The first-order chi connectivity index (χ1) is 10.1. The number of nitrogens with zero attached hydrogens (tertiary/aromatic N) is 2. The molecule has 0 aliphatic heterocycles. The zero-order chi connectivity index (χ0) is 15.0. The largest absolute Gasteiger partial charge is 0.357 e. The van der Waals surface area contributed by atoms with E-state index >= 15 is 0 Å². The summed E-state index contributed by atoms with van der Waals surface area (Å²) in [4.78, 5) is 11.0. The lowest BCUT2D eigenvalue weighted by Gasteiger charge is -2.09. The van der Waals surface area contributed by atoms with E-state index in [-0.39, 0.29) is 5.82 Å². The Kier molecular flexibility index (Phi) is 3.77. The van der Waals surface area contributed by atoms with E-state index in [1.807, 2.05) is 13.0 Å². The number of halogens is 2. The molecule has 0 saturated carbocycles. The monoisotopic (exact) mass is 366 g/mol. The highest BCUT2D eigenvalue weighted by molar-refractivity contribution is 9.10. The molecular formula is C14H12BrFN4S. The molecule has 7 heteroatoms. The van der Waals surface area contributed by atoms with Gasteiger partial charge in [-0.15, -0.1) is 11.3 Å². The van der Waals surface area contributed by atoms with Gasteiger partial charge in [0.1, 0.15) is 16.5 Å². The summed E-state index contributed by atoms with van der Waals surface area (Å²) in [5.41, 5.74) is 0.759. The summed E-state index contributed by atoms with van der Waals surface area (Å²) in [7, 11) is 1.78. The van der Waals surface area contributed by atoms with Crippen molar-refractivity contribution in [3.63, 3.8) is 0 Å². The van der Waals surface area contributed by atoms with Crippen LogP contribution in [0.1, 0.15) is 4.88 Å². The van der Waals surface area contributed by atoms with Gasteiger partial charge in [0.2, 0.25) is 5.95 Å². The third kappa shape index (κ3) is 2.84. The van der Waals surface area contributed by atoms with E-state index < -0.39 is 0 Å². The Bertz CT molecular complexity index is 818. The lowest BCUT2D eigenvalue weighted by atomic mass is 10.3. The van der Waals surface area contributed by atoms with Crippen LogP contribution in [-0.4, -0.2) is 17.0 Å². The van der Waals surface area contributed by atoms with Gasteiger partial charge in [0.15, 0.2) is 0 Å². The van der Waals surface area contributed by atoms with Crippen LogP contribution in [-0.2, 0) is 0 Å². The maximum absolute atomic E-state index is 13.3. The first kappa shape index (κ1) is 14.2. The van der Waals surface area contributed by atoms with Crippen LogP contribution in [0.2, 0.25) is 0 Å². The van der Waals surface area contributed by atoms with Crippen LogP contribution in [0, 0.1) is 12.7 Å². The Labute approximate surface area is 133 Å². The third-order valence-corrected chi connectivity index (χ3v) is 4.47. The number of hydrogen-bond donors (Lipinski definition) is 2. The molecule has 0 unspecified atom stereocenters. The molecule has 0 bridgehead atoms. The van der Waals surface area contributed by atoms with E-state index in [0.29, 0.717) is 16.2 Å². The Morgan fingerprint density at radius 1 is 1.24 bits per heavy atom. The molecule has 0 radical (unpaired) electrons. The van der Waals surface area contributed by atoms with Crippen molar-refractivity contribution >= 4 is 54.9 Å². The number of benzene rings is 1. The van der Waals surface area contributed by atoms with Crippen molar-refractivity contribution in [1.82, 2.24) is 9.97 Å². The van der Waals surface area contributed by atoms with Crippen LogP contribution in [0.3, 0.4) is 0 Å². The van der Waals surface area contributed by atoms with E-state index in [1.54, 1.807) is 30.5 Å². The molecule has 0 atom stereocenters. The van der Waals surface area contributed by atoms with Gasteiger partial charge in [0.25, 0.3) is 0 Å². The number of nitrogens with one attached hydrogen (secondary N) is 2. The molecule has 0 aliphatic rings. The summed E-state index contributed by atoms with van der Waals surface area (Å²) < 4.78 is 13.7. The third-order valence-electron chi connectivity index (χ3n) is 2.92. The minimum atomic E-state index is -0.296. The molecule has 1 aromatic carbocycles. The first-order valence-electron chi connectivity index (χ1n) is 6.25. The van der Waals surface area contributed by atoms with Crippen LogP contribution in [0.5, 0.6) is 0 Å². The van der Waals surface area contributed by atoms with Gasteiger partial charge in [-0.3, -0.25) is 0 Å². The van der Waals surface area contributed by atoms with E-state index in [0.717, 1.165) is 20.8 Å². The fourth-order valence-corrected chi connectivity index (χ4v) is 3.22. The van der Waals surface area contributed by atoms with Crippen LogP contribution in [0.4, 0.5) is 21.8 Å². The Balaban J connectivity index is 2.07. The molecule has 0 fully saturated rings. The van der Waals surface area contributed by atoms with Crippen LogP contribution in [0.25, 0.3) is 10.2 Å². The van der Waals surface area contributed by atoms with Crippen LogP contribution in [0.15, 0.2) is 28.7 Å². The van der Waals surface area contributed by atoms with Crippen molar-refractivity contribution in [3.05, 3.63) is 39.4 Å². The predicted octanol–water partition coefficient (Wildman–Crippen LogP) is 4.69. The fraction of sp³-hybridized carbons (Fsp3) is 0.143. The summed E-state index contributed by atoms with van der Waals surface area (Å²) in [5, 5.41) is 7.13. The zero-order valence-electron chi connectivity index (χ0n) is 11.4. The minimum Gasteiger partial charge on any atom is -0.357 e. The molecule has 4 nitrogen and oxygen atoms in total. The van der Waals surface area contributed by atoms with Gasteiger partial charge in [-0.05, 0) is 47.1 Å². The van der Waals surface area contributed by atoms with Crippen molar-refractivity contribution in [1.29, 1.82) is 0 Å². The van der Waals surface area contributed by atoms with Gasteiger partial charge in [-0.2, -0.15) is 4.98 Å². The van der Waals surface area contributed by atoms with Crippen molar-refractivity contribution in [2.75, 3.05) is 17.7 Å². The number of hydrogen-bond acceptors (Lipinski definition) is 5. The highest BCUT2D eigenvalue weighted by atomic mass is 79.9. The summed E-state index contributed by atoms with van der Waals surface area (Å²) in [6, 6.07) is 6.80. The van der Waals surface area contributed by atoms with Gasteiger partial charge in [-0.25, -0.2) is 9.37 Å². The molecule has 0 amide bonds. The van der Waals surface area contributed by atoms with Gasteiger partial charge >= 0.3 is 0 Å². The second-order valence-corrected chi connectivity index (χ2v) is 6.56. The molecule has 0 aliphatic carbocycles. The predicted molar refractivity (Wildman–Crippen MR) is 89.1 cm³/mol. The van der Waals surface area contributed by atoms with E-state index in [4.69, 9.17) is 0 Å². The van der Waals surface area contributed by atoms with Crippen LogP contribution < -0.4 is 10.6 Å². The molecule has 0 saturated heterocycles. The van der Waals surface area contributed by atoms with Crippen LogP contribution >= 0.6 is 27.3 Å². The number of aromatic nitrogens is 2. The molecule has 3 aromatic rings. The number of aryl methyl sites for hydroxylation is 1. The molecule has 21 heavy (non-hydrogen) atoms. The summed E-state index contributed by atoms with van der Waals surface area (Å²) in [5.74, 6) is 0.955. The smallest absolute Gasteiger partial charge is 0.225 e. The molecular weight excluding hydrogens is 355 g/mol. The minimum absolute atomic E-state index is 0.296. The number of thiophene rings is 1. The Morgan fingerprint density at radius 2 is 2.05 bits per heavy atom. The molecule has 2 N–H and O–H groups in total. The van der Waals surface area contributed by atoms with Crippen molar-refractivity contribution < 1.29 is 4.39 Å². The van der Waals surface area contributed by atoms with Crippen molar-refractivity contribution in [2.24, 2.45) is 0 Å². The summed E-state index contributed by atoms with van der Waals surface area (Å²) >= 11 is 4.79. The van der Waals surface area contributed by atoms with Crippen molar-refractivity contribution in [2.45, 2.75) is 6.92 Å². The van der Waals surface area contributed by atoms with Crippen molar-refractivity contribution in [3.8, 4) is 0 Å². The molecule has 108 valence electrons. The lowest BCUT2D eigenvalue weighted by molar-refractivity contribution is 0.621. The normalized spacial score (nSPS) is 10.9. The Morgan fingerprint density at radius 3 is 2.76 bits per heavy atom. The van der Waals surface area contributed by atoms with Gasteiger partial charge < -0.3 is 10.6 Å². The SMILES string of the molecule is CNc1nc(Nc2ccc(F)c(Br)c2)c2cc(C)sc2n1. The number of fused-ring (bicyclic) bond motifs is 1. The summed E-state index contributed by atoms with van der Waals surface area (Å²) in [6.07, 6.45) is 0. The topological polar surface area (TPSA) is 49.8 Å². The highest BCUT2D eigenvalue weighted by Crippen LogP contribution is 2.32. The second kappa shape index (κ2) is 5.57.